The lowest BCUT2D eigenvalue weighted by molar-refractivity contribution is 0.614. The van der Waals surface area contributed by atoms with Crippen molar-refractivity contribution < 1.29 is 0 Å². The van der Waals surface area contributed by atoms with Gasteiger partial charge in [0.1, 0.15) is 0 Å². The summed E-state index contributed by atoms with van der Waals surface area (Å²) in [7, 11) is 0. The van der Waals surface area contributed by atoms with Crippen molar-refractivity contribution in [3.63, 3.8) is 0 Å². The Morgan fingerprint density at radius 3 is 2.93 bits per heavy atom. The summed E-state index contributed by atoms with van der Waals surface area (Å²) in [4.78, 5) is 0. The maximum Gasteiger partial charge on any atom is 0.0313 e. The molecule has 0 unspecified atom stereocenters. The summed E-state index contributed by atoms with van der Waals surface area (Å²) in [5.74, 6) is 0. The van der Waals surface area contributed by atoms with Gasteiger partial charge in [0.25, 0.3) is 0 Å². The van der Waals surface area contributed by atoms with Crippen LogP contribution in [0.25, 0.3) is 0 Å². The minimum Gasteiger partial charge on any atom is -0.305 e. The van der Waals surface area contributed by atoms with Crippen molar-refractivity contribution >= 4 is 27.5 Å². The molecule has 1 atom stereocenters. The first-order valence-corrected chi connectivity index (χ1v) is 5.59. The van der Waals surface area contributed by atoms with E-state index in [1.165, 1.54) is 5.56 Å². The molecule has 0 spiro atoms. The number of rotatable bonds is 4. The summed E-state index contributed by atoms with van der Waals surface area (Å²) in [5, 5.41) is 3.90. The molecule has 1 nitrogen and oxygen atoms in total. The van der Waals surface area contributed by atoms with E-state index in [1.54, 1.807) is 0 Å². The maximum atomic E-state index is 5.67. The zero-order valence-corrected chi connectivity index (χ0v) is 10.4. The molecule has 0 aliphatic heterocycles. The zero-order chi connectivity index (χ0) is 10.6. The molecule has 76 valence electrons. The Morgan fingerprint density at radius 2 is 2.36 bits per heavy atom. The molecule has 14 heavy (non-hydrogen) atoms. The van der Waals surface area contributed by atoms with Gasteiger partial charge in [0.2, 0.25) is 0 Å². The molecule has 1 aromatic rings. The predicted octanol–water partition coefficient (Wildman–Crippen LogP) is 3.85. The van der Waals surface area contributed by atoms with Crippen LogP contribution in [-0.2, 0) is 0 Å². The molecule has 0 bridgehead atoms. The fourth-order valence-electron chi connectivity index (χ4n) is 1.16. The van der Waals surface area contributed by atoms with Crippen LogP contribution in [0.5, 0.6) is 0 Å². The van der Waals surface area contributed by atoms with Gasteiger partial charge in [0.05, 0.1) is 0 Å². The molecule has 0 heterocycles. The average molecular weight is 275 g/mol. The molecular formula is C11H13BrClN. The van der Waals surface area contributed by atoms with Gasteiger partial charge >= 0.3 is 0 Å². The van der Waals surface area contributed by atoms with E-state index in [0.717, 1.165) is 4.47 Å². The molecular weight excluding hydrogens is 261 g/mol. The van der Waals surface area contributed by atoms with E-state index in [2.05, 4.69) is 46.9 Å². The van der Waals surface area contributed by atoms with Gasteiger partial charge in [0.15, 0.2) is 0 Å². The van der Waals surface area contributed by atoms with Gasteiger partial charge in [-0.2, -0.15) is 0 Å². The Morgan fingerprint density at radius 1 is 1.64 bits per heavy atom. The van der Waals surface area contributed by atoms with E-state index in [1.807, 2.05) is 12.1 Å². The lowest BCUT2D eigenvalue weighted by Crippen LogP contribution is -2.19. The zero-order valence-electron chi connectivity index (χ0n) is 8.06. The Kier molecular flexibility index (Phi) is 4.66. The summed E-state index contributed by atoms with van der Waals surface area (Å²) in [6.07, 6.45) is 0. The predicted molar refractivity (Wildman–Crippen MR) is 65.6 cm³/mol. The topological polar surface area (TPSA) is 12.0 Å². The van der Waals surface area contributed by atoms with Crippen LogP contribution in [0.4, 0.5) is 0 Å². The molecule has 0 saturated heterocycles. The molecule has 1 aromatic carbocycles. The van der Waals surface area contributed by atoms with Crippen molar-refractivity contribution in [2.45, 2.75) is 13.0 Å². The largest absolute Gasteiger partial charge is 0.305 e. The van der Waals surface area contributed by atoms with Crippen molar-refractivity contribution in [2.75, 3.05) is 6.54 Å². The van der Waals surface area contributed by atoms with Gasteiger partial charge in [-0.15, -0.1) is 0 Å². The van der Waals surface area contributed by atoms with Gasteiger partial charge in [-0.25, -0.2) is 0 Å². The third-order valence-corrected chi connectivity index (χ3v) is 2.58. The second-order valence-electron chi connectivity index (χ2n) is 3.17. The van der Waals surface area contributed by atoms with Crippen LogP contribution in [0.2, 0.25) is 0 Å². The fraction of sp³-hybridized carbons (Fsp3) is 0.273. The van der Waals surface area contributed by atoms with Crippen LogP contribution < -0.4 is 5.32 Å². The second kappa shape index (κ2) is 5.54. The van der Waals surface area contributed by atoms with E-state index in [9.17, 15) is 0 Å². The highest BCUT2D eigenvalue weighted by molar-refractivity contribution is 9.10. The highest BCUT2D eigenvalue weighted by Gasteiger charge is 2.04. The molecule has 0 aliphatic rings. The molecule has 0 aliphatic carbocycles. The SMILES string of the molecule is C=C(Cl)CN[C@@H](C)c1cccc(Br)c1. The summed E-state index contributed by atoms with van der Waals surface area (Å²) in [6, 6.07) is 8.49. The van der Waals surface area contributed by atoms with Crippen molar-refractivity contribution in [3.8, 4) is 0 Å². The van der Waals surface area contributed by atoms with Crippen LogP contribution in [0, 0.1) is 0 Å². The number of nitrogens with one attached hydrogen (secondary N) is 1. The minimum atomic E-state index is 0.281. The standard InChI is InChI=1S/C11H13BrClN/c1-8(13)7-14-9(2)10-4-3-5-11(12)6-10/h3-6,9,14H,1,7H2,2H3/t9-/m0/s1. The van der Waals surface area contributed by atoms with Crippen LogP contribution in [0.1, 0.15) is 18.5 Å². The van der Waals surface area contributed by atoms with Crippen LogP contribution in [-0.4, -0.2) is 6.54 Å². The van der Waals surface area contributed by atoms with Crippen LogP contribution >= 0.6 is 27.5 Å². The highest BCUT2D eigenvalue weighted by atomic mass is 79.9. The summed E-state index contributed by atoms with van der Waals surface area (Å²) in [5.41, 5.74) is 1.23. The van der Waals surface area contributed by atoms with Gasteiger partial charge in [-0.05, 0) is 24.6 Å². The smallest absolute Gasteiger partial charge is 0.0313 e. The Balaban J connectivity index is 2.60. The normalized spacial score (nSPS) is 12.5. The van der Waals surface area contributed by atoms with E-state index >= 15 is 0 Å². The monoisotopic (exact) mass is 273 g/mol. The maximum absolute atomic E-state index is 5.67. The molecule has 1 N–H and O–H groups in total. The molecule has 3 heteroatoms. The minimum absolute atomic E-state index is 0.281. The van der Waals surface area contributed by atoms with Crippen molar-refractivity contribution in [1.29, 1.82) is 0 Å². The third kappa shape index (κ3) is 3.82. The lowest BCUT2D eigenvalue weighted by Gasteiger charge is -2.13. The first kappa shape index (κ1) is 11.8. The molecule has 0 aromatic heterocycles. The first-order valence-electron chi connectivity index (χ1n) is 4.41. The van der Waals surface area contributed by atoms with E-state index in [-0.39, 0.29) is 6.04 Å². The van der Waals surface area contributed by atoms with E-state index in [0.29, 0.717) is 11.6 Å². The molecule has 0 amide bonds. The van der Waals surface area contributed by atoms with Crippen LogP contribution in [0.15, 0.2) is 40.3 Å². The van der Waals surface area contributed by atoms with Crippen molar-refractivity contribution in [2.24, 2.45) is 0 Å². The number of hydrogen-bond acceptors (Lipinski definition) is 1. The van der Waals surface area contributed by atoms with Gasteiger partial charge in [-0.3, -0.25) is 0 Å². The summed E-state index contributed by atoms with van der Waals surface area (Å²) < 4.78 is 1.09. The summed E-state index contributed by atoms with van der Waals surface area (Å²) in [6.45, 7) is 6.36. The van der Waals surface area contributed by atoms with E-state index in [4.69, 9.17) is 11.6 Å². The third-order valence-electron chi connectivity index (χ3n) is 1.95. The number of hydrogen-bond donors (Lipinski definition) is 1. The molecule has 0 radical (unpaired) electrons. The average Bonchev–Trinajstić information content (AvgIpc) is 2.14. The van der Waals surface area contributed by atoms with Crippen LogP contribution in [0.3, 0.4) is 0 Å². The van der Waals surface area contributed by atoms with Gasteiger partial charge in [-0.1, -0.05) is 46.2 Å². The fourth-order valence-corrected chi connectivity index (χ4v) is 1.65. The number of benzene rings is 1. The lowest BCUT2D eigenvalue weighted by atomic mass is 10.1. The van der Waals surface area contributed by atoms with Gasteiger partial charge < -0.3 is 5.32 Å². The Bertz CT molecular complexity index is 325. The van der Waals surface area contributed by atoms with Crippen molar-refractivity contribution in [1.82, 2.24) is 5.32 Å². The highest BCUT2D eigenvalue weighted by Crippen LogP contribution is 2.17. The van der Waals surface area contributed by atoms with Gasteiger partial charge in [0, 0.05) is 22.1 Å². The molecule has 1 rings (SSSR count). The summed E-state index contributed by atoms with van der Waals surface area (Å²) >= 11 is 9.11. The molecule has 0 saturated carbocycles. The second-order valence-corrected chi connectivity index (χ2v) is 4.63. The quantitative estimate of drug-likeness (QED) is 0.879. The Labute approximate surface area is 98.3 Å². The molecule has 0 fully saturated rings. The Hall–Kier alpha value is -0.310. The first-order chi connectivity index (χ1) is 6.59. The van der Waals surface area contributed by atoms with E-state index < -0.39 is 0 Å². The van der Waals surface area contributed by atoms with Crippen molar-refractivity contribution in [3.05, 3.63) is 45.9 Å². The number of halogens is 2.